The summed E-state index contributed by atoms with van der Waals surface area (Å²) in [6.45, 7) is 19.5. The lowest BCUT2D eigenvalue weighted by Gasteiger charge is -2.39. The number of allylic oxidation sites excluding steroid dienone is 1. The first-order chi connectivity index (χ1) is 34.1. The highest BCUT2D eigenvalue weighted by atomic mass is 16.2. The van der Waals surface area contributed by atoms with Crippen LogP contribution in [0, 0.1) is 24.7 Å². The van der Waals surface area contributed by atoms with E-state index in [1.807, 2.05) is 103 Å². The number of carbonyl (C=O) groups is 7. The summed E-state index contributed by atoms with van der Waals surface area (Å²) in [5.41, 5.74) is 2.57. The largest absolute Gasteiger partial charge is 0.343 e. The van der Waals surface area contributed by atoms with Gasteiger partial charge in [0, 0.05) is 62.5 Å². The van der Waals surface area contributed by atoms with Gasteiger partial charge in [-0.2, -0.15) is 0 Å². The number of likely N-dealkylation sites (N-methyl/N-ethyl adjacent to an activating group) is 2. The topological polar surface area (TPSA) is 195 Å². The Kier molecular flexibility index (Phi) is 18.3. The van der Waals surface area contributed by atoms with Gasteiger partial charge in [0.1, 0.15) is 42.3 Å². The molecule has 1 aromatic carbocycles. The SMILES string of the molecule is C=CC(C)(C)n1cc(C[C@@H]2NC(=O)[C@H](CC3CCC3)NC(=O)[C@H](CC(C)C)N3CC/C=C\C[C@@H](C3=O)N(C)C(=O)[C@H](C)NC(=O)[C@H](Cc3ccnc(C)c3)NC(=O)[C@H](CC(C)C)N(C)C2=O)c2ccccc21. The van der Waals surface area contributed by atoms with Gasteiger partial charge in [0.15, 0.2) is 0 Å². The molecule has 0 radical (unpaired) electrons. The van der Waals surface area contributed by atoms with Crippen LogP contribution in [0.1, 0.15) is 117 Å². The van der Waals surface area contributed by atoms with Crippen LogP contribution in [0.5, 0.6) is 0 Å². The number of carbonyl (C=O) groups excluding carboxylic acids is 7. The van der Waals surface area contributed by atoms with Crippen LogP contribution in [-0.2, 0) is 51.9 Å². The molecular formula is C56H79N9O7. The fourth-order valence-electron chi connectivity index (χ4n) is 10.2. The molecule has 16 nitrogen and oxygen atoms in total. The quantitative estimate of drug-likeness (QED) is 0.171. The van der Waals surface area contributed by atoms with E-state index in [9.17, 15) is 24.0 Å². The van der Waals surface area contributed by atoms with Crippen LogP contribution in [0.4, 0.5) is 0 Å². The van der Waals surface area contributed by atoms with Gasteiger partial charge in [-0.25, -0.2) is 0 Å². The number of hydrogen-bond donors (Lipinski definition) is 4. The number of benzene rings is 1. The van der Waals surface area contributed by atoms with Crippen molar-refractivity contribution in [3.05, 3.63) is 90.4 Å². The molecule has 0 unspecified atom stereocenters. The minimum absolute atomic E-state index is 0.0365. The highest BCUT2D eigenvalue weighted by Crippen LogP contribution is 2.32. The molecule has 1 saturated heterocycles. The number of hydrogen-bond acceptors (Lipinski definition) is 8. The monoisotopic (exact) mass is 990 g/mol. The Morgan fingerprint density at radius 1 is 0.764 bits per heavy atom. The van der Waals surface area contributed by atoms with E-state index in [0.717, 1.165) is 35.7 Å². The van der Waals surface area contributed by atoms with Crippen molar-refractivity contribution >= 4 is 52.3 Å². The number of fused-ring (bicyclic) bond motifs is 3. The molecule has 4 N–H and O–H groups in total. The molecule has 6 rings (SSSR count). The molecule has 0 spiro atoms. The summed E-state index contributed by atoms with van der Waals surface area (Å²) < 4.78 is 2.09. The molecule has 1 aliphatic carbocycles. The van der Waals surface area contributed by atoms with Crippen LogP contribution in [0.25, 0.3) is 10.9 Å². The van der Waals surface area contributed by atoms with Gasteiger partial charge in [-0.3, -0.25) is 38.5 Å². The molecule has 7 atom stereocenters. The molecular weight excluding hydrogens is 911 g/mol. The fraction of sp³-hybridized carbons (Fsp3) is 0.571. The molecule has 2 aromatic heterocycles. The van der Waals surface area contributed by atoms with E-state index in [1.165, 1.54) is 28.7 Å². The van der Waals surface area contributed by atoms with Gasteiger partial charge in [-0.05, 0) is 107 Å². The Morgan fingerprint density at radius 2 is 1.40 bits per heavy atom. The van der Waals surface area contributed by atoms with Crippen LogP contribution < -0.4 is 21.3 Å². The van der Waals surface area contributed by atoms with E-state index in [4.69, 9.17) is 0 Å². The predicted molar refractivity (Wildman–Crippen MR) is 279 cm³/mol. The maximum Gasteiger partial charge on any atom is 0.246 e. The fourth-order valence-corrected chi connectivity index (χ4v) is 10.2. The summed E-state index contributed by atoms with van der Waals surface area (Å²) in [5, 5.41) is 12.8. The van der Waals surface area contributed by atoms with Gasteiger partial charge < -0.3 is 40.5 Å². The van der Waals surface area contributed by atoms with Gasteiger partial charge in [-0.15, -0.1) is 6.58 Å². The maximum absolute atomic E-state index is 15.4. The Labute approximate surface area is 426 Å². The van der Waals surface area contributed by atoms with Crippen molar-refractivity contribution in [2.45, 2.75) is 167 Å². The Hall–Kier alpha value is -6.32. The van der Waals surface area contributed by atoms with E-state index in [1.54, 1.807) is 19.3 Å². The summed E-state index contributed by atoms with van der Waals surface area (Å²) in [6.07, 6.45) is 13.5. The molecule has 1 saturated carbocycles. The first kappa shape index (κ1) is 55.0. The van der Waals surface area contributed by atoms with Crippen LogP contribution >= 0.6 is 0 Å². The summed E-state index contributed by atoms with van der Waals surface area (Å²) in [6, 6.07) is 3.66. The van der Waals surface area contributed by atoms with Crippen molar-refractivity contribution in [1.82, 2.24) is 45.5 Å². The first-order valence-corrected chi connectivity index (χ1v) is 25.9. The number of para-hydroxylation sites is 1. The molecule has 3 aliphatic rings. The second-order valence-corrected chi connectivity index (χ2v) is 21.8. The van der Waals surface area contributed by atoms with E-state index >= 15 is 9.59 Å². The zero-order chi connectivity index (χ0) is 52.6. The number of amides is 7. The van der Waals surface area contributed by atoms with Gasteiger partial charge in [-0.1, -0.05) is 83.4 Å². The van der Waals surface area contributed by atoms with E-state index < -0.39 is 89.2 Å². The van der Waals surface area contributed by atoms with E-state index in [2.05, 4.69) is 37.4 Å². The molecule has 72 heavy (non-hydrogen) atoms. The van der Waals surface area contributed by atoms with E-state index in [-0.39, 0.29) is 56.4 Å². The molecule has 390 valence electrons. The molecule has 4 heterocycles. The minimum atomic E-state index is -1.22. The number of rotatable bonds is 12. The number of nitrogens with one attached hydrogen (secondary N) is 4. The smallest absolute Gasteiger partial charge is 0.246 e. The number of pyridine rings is 1. The third kappa shape index (κ3) is 13.2. The summed E-state index contributed by atoms with van der Waals surface area (Å²) in [4.78, 5) is 113. The minimum Gasteiger partial charge on any atom is -0.343 e. The normalized spacial score (nSPS) is 25.5. The molecule has 16 heteroatoms. The molecule has 7 amide bonds. The van der Waals surface area contributed by atoms with Crippen molar-refractivity contribution in [1.29, 1.82) is 0 Å². The predicted octanol–water partition coefficient (Wildman–Crippen LogP) is 5.51. The van der Waals surface area contributed by atoms with Crippen LogP contribution in [0.15, 0.2) is 73.6 Å². The molecule has 3 aromatic rings. The zero-order valence-corrected chi connectivity index (χ0v) is 44.2. The number of nitrogens with zero attached hydrogens (tertiary/aromatic N) is 5. The molecule has 2 bridgehead atoms. The first-order valence-electron chi connectivity index (χ1n) is 25.9. The van der Waals surface area contributed by atoms with Crippen molar-refractivity contribution in [2.75, 3.05) is 20.6 Å². The average Bonchev–Trinajstić information content (AvgIpc) is 3.69. The van der Waals surface area contributed by atoms with Gasteiger partial charge >= 0.3 is 0 Å². The Morgan fingerprint density at radius 3 is 2.06 bits per heavy atom. The number of aromatic nitrogens is 2. The lowest BCUT2D eigenvalue weighted by molar-refractivity contribution is -0.150. The van der Waals surface area contributed by atoms with Gasteiger partial charge in [0.25, 0.3) is 0 Å². The average molecular weight is 990 g/mol. The lowest BCUT2D eigenvalue weighted by Crippen LogP contribution is -2.61. The summed E-state index contributed by atoms with van der Waals surface area (Å²) in [5.74, 6) is -3.80. The van der Waals surface area contributed by atoms with Gasteiger partial charge in [0.05, 0.1) is 5.54 Å². The zero-order valence-electron chi connectivity index (χ0n) is 44.2. The van der Waals surface area contributed by atoms with Crippen molar-refractivity contribution in [3.63, 3.8) is 0 Å². The lowest BCUT2D eigenvalue weighted by atomic mass is 9.80. The third-order valence-electron chi connectivity index (χ3n) is 14.8. The third-order valence-corrected chi connectivity index (χ3v) is 14.8. The van der Waals surface area contributed by atoms with Gasteiger partial charge in [0.2, 0.25) is 41.4 Å². The van der Waals surface area contributed by atoms with Crippen LogP contribution in [-0.4, -0.2) is 129 Å². The number of aryl methyl sites for hydroxylation is 1. The Bertz CT molecular complexity index is 2510. The summed E-state index contributed by atoms with van der Waals surface area (Å²) >= 11 is 0. The van der Waals surface area contributed by atoms with Crippen molar-refractivity contribution in [3.8, 4) is 0 Å². The second kappa shape index (κ2) is 23.9. The standard InChI is InChI=1S/C56H79N9O7/c1-12-56(8,9)65-33-40(41-21-15-16-22-45(41)65)32-44-54(71)63(11)47(27-34(2)3)51(68)59-43(31-39-24-25-57-36(6)29-39)49(66)58-37(7)53(70)62(10)46-23-14-13-17-26-64(55(46)72)48(28-35(4)5)52(69)60-42(50(67)61-44)30-38-19-18-20-38/h12-16,21-22,24-25,29,33-35,37-38,42-44,46-48H,1,17-20,23,26-28,30-32H2,2-11H3,(H,58,66)(H,59,68)(H,60,69)(H,61,67)/b14-13-/t37-,42-,43-,44-,46-,47-,48-/m0/s1. The van der Waals surface area contributed by atoms with Crippen LogP contribution in [0.2, 0.25) is 0 Å². The maximum atomic E-state index is 15.4. The molecule has 2 fully saturated rings. The molecule has 2 aliphatic heterocycles. The Balaban J connectivity index is 1.50. The van der Waals surface area contributed by atoms with Crippen molar-refractivity contribution in [2.24, 2.45) is 17.8 Å². The van der Waals surface area contributed by atoms with Crippen LogP contribution in [0.3, 0.4) is 0 Å². The van der Waals surface area contributed by atoms with Crippen molar-refractivity contribution < 1.29 is 33.6 Å². The highest BCUT2D eigenvalue weighted by molar-refractivity contribution is 5.99. The van der Waals surface area contributed by atoms with E-state index in [0.29, 0.717) is 24.1 Å². The highest BCUT2D eigenvalue weighted by Gasteiger charge is 2.42. The summed E-state index contributed by atoms with van der Waals surface area (Å²) in [7, 11) is 3.06. The second-order valence-electron chi connectivity index (χ2n) is 21.8.